The van der Waals surface area contributed by atoms with Crippen LogP contribution in [0.2, 0.25) is 0 Å². The predicted octanol–water partition coefficient (Wildman–Crippen LogP) is 4.32. The monoisotopic (exact) mass is 409 g/mol. The summed E-state index contributed by atoms with van der Waals surface area (Å²) in [6, 6.07) is 6.34. The maximum Gasteiger partial charge on any atom is 0.249 e. The fourth-order valence-corrected chi connectivity index (χ4v) is 5.41. The molecule has 162 valence electrons. The van der Waals surface area contributed by atoms with Crippen molar-refractivity contribution in [2.24, 2.45) is 11.3 Å². The Morgan fingerprint density at radius 2 is 2.00 bits per heavy atom. The highest BCUT2D eigenvalue weighted by atomic mass is 16.2. The number of anilines is 1. The number of amides is 2. The van der Waals surface area contributed by atoms with Gasteiger partial charge in [0.25, 0.3) is 0 Å². The minimum Gasteiger partial charge on any atom is -0.370 e. The molecule has 2 fully saturated rings. The first-order valence-electron chi connectivity index (χ1n) is 11.5. The number of nitrogens with one attached hydrogen (secondary N) is 1. The SMILES string of the molecule is C=C1c2ccc(N3CC(CCC)(CCC(C)C)C3)cc2CN1C1CCC(=O)NC1=O. The van der Waals surface area contributed by atoms with Gasteiger partial charge in [0.05, 0.1) is 0 Å². The largest absolute Gasteiger partial charge is 0.370 e. The van der Waals surface area contributed by atoms with E-state index in [4.69, 9.17) is 0 Å². The topological polar surface area (TPSA) is 52.6 Å². The lowest BCUT2D eigenvalue weighted by Crippen LogP contribution is -2.56. The Hall–Kier alpha value is -2.30. The van der Waals surface area contributed by atoms with Gasteiger partial charge in [0.2, 0.25) is 11.8 Å². The number of piperidine rings is 1. The summed E-state index contributed by atoms with van der Waals surface area (Å²) >= 11 is 0. The molecular weight excluding hydrogens is 374 g/mol. The lowest BCUT2D eigenvalue weighted by molar-refractivity contribution is -0.136. The molecule has 0 saturated carbocycles. The van der Waals surface area contributed by atoms with Gasteiger partial charge in [0.15, 0.2) is 0 Å². The highest BCUT2D eigenvalue weighted by Crippen LogP contribution is 2.44. The van der Waals surface area contributed by atoms with Crippen LogP contribution in [0.3, 0.4) is 0 Å². The van der Waals surface area contributed by atoms with E-state index in [1.54, 1.807) is 0 Å². The highest BCUT2D eigenvalue weighted by Gasteiger charge is 2.42. The van der Waals surface area contributed by atoms with Gasteiger partial charge >= 0.3 is 0 Å². The van der Waals surface area contributed by atoms with Crippen molar-refractivity contribution in [3.63, 3.8) is 0 Å². The van der Waals surface area contributed by atoms with Crippen LogP contribution in [0.5, 0.6) is 0 Å². The lowest BCUT2D eigenvalue weighted by Gasteiger charge is -2.52. The Labute approximate surface area is 180 Å². The van der Waals surface area contributed by atoms with Crippen LogP contribution in [-0.4, -0.2) is 35.8 Å². The molecule has 2 amide bonds. The second-order valence-corrected chi connectivity index (χ2v) is 9.92. The van der Waals surface area contributed by atoms with E-state index < -0.39 is 0 Å². The molecule has 1 atom stereocenters. The van der Waals surface area contributed by atoms with Gasteiger partial charge in [-0.25, -0.2) is 0 Å². The summed E-state index contributed by atoms with van der Waals surface area (Å²) in [5.74, 6) is 0.390. The molecule has 2 saturated heterocycles. The number of rotatable bonds is 7. The van der Waals surface area contributed by atoms with Crippen molar-refractivity contribution >= 4 is 23.2 Å². The standard InChI is InChI=1S/C25H35N3O2/c1-5-11-25(12-10-17(2)3)15-27(16-25)20-6-7-21-18(4)28(14-19(21)13-20)22-8-9-23(29)26-24(22)30/h6-7,13,17,22H,4-5,8-12,14-16H2,1-3H3,(H,26,29,30). The number of benzene rings is 1. The summed E-state index contributed by atoms with van der Waals surface area (Å²) in [6.07, 6.45) is 6.13. The van der Waals surface area contributed by atoms with Crippen molar-refractivity contribution in [2.75, 3.05) is 18.0 Å². The van der Waals surface area contributed by atoms with Crippen LogP contribution in [0.15, 0.2) is 24.8 Å². The van der Waals surface area contributed by atoms with E-state index in [-0.39, 0.29) is 17.9 Å². The zero-order valence-electron chi connectivity index (χ0n) is 18.7. The van der Waals surface area contributed by atoms with Crippen molar-refractivity contribution in [1.29, 1.82) is 0 Å². The molecule has 1 N–H and O–H groups in total. The van der Waals surface area contributed by atoms with E-state index in [2.05, 4.69) is 60.7 Å². The van der Waals surface area contributed by atoms with Gasteiger partial charge < -0.3 is 9.80 Å². The van der Waals surface area contributed by atoms with Gasteiger partial charge in [-0.15, -0.1) is 0 Å². The molecule has 4 rings (SSSR count). The summed E-state index contributed by atoms with van der Waals surface area (Å²) in [4.78, 5) is 28.4. The van der Waals surface area contributed by atoms with Crippen LogP contribution in [-0.2, 0) is 16.1 Å². The van der Waals surface area contributed by atoms with Crippen molar-refractivity contribution in [3.8, 4) is 0 Å². The number of carbonyl (C=O) groups excluding carboxylic acids is 2. The normalized spacial score (nSPS) is 22.9. The fraction of sp³-hybridized carbons (Fsp3) is 0.600. The molecule has 30 heavy (non-hydrogen) atoms. The zero-order chi connectivity index (χ0) is 21.5. The number of fused-ring (bicyclic) bond motifs is 1. The Kier molecular flexibility index (Phi) is 5.65. The first kappa shape index (κ1) is 21.0. The second-order valence-electron chi connectivity index (χ2n) is 9.92. The van der Waals surface area contributed by atoms with Crippen LogP contribution in [0.1, 0.15) is 70.4 Å². The van der Waals surface area contributed by atoms with Crippen LogP contribution >= 0.6 is 0 Å². The Morgan fingerprint density at radius 3 is 2.67 bits per heavy atom. The van der Waals surface area contributed by atoms with E-state index in [1.807, 2.05) is 0 Å². The Balaban J connectivity index is 1.45. The summed E-state index contributed by atoms with van der Waals surface area (Å²) in [7, 11) is 0. The van der Waals surface area contributed by atoms with E-state index in [9.17, 15) is 9.59 Å². The fourth-order valence-electron chi connectivity index (χ4n) is 5.41. The minimum absolute atomic E-state index is 0.174. The van der Waals surface area contributed by atoms with E-state index in [0.29, 0.717) is 24.8 Å². The molecule has 0 spiro atoms. The average Bonchev–Trinajstić information content (AvgIpc) is 2.99. The summed E-state index contributed by atoms with van der Waals surface area (Å²) in [6.45, 7) is 14.2. The maximum absolute atomic E-state index is 12.3. The number of imide groups is 1. The molecule has 3 heterocycles. The molecule has 1 unspecified atom stereocenters. The van der Waals surface area contributed by atoms with Gasteiger partial charge in [-0.2, -0.15) is 0 Å². The van der Waals surface area contributed by atoms with E-state index in [1.165, 1.54) is 36.9 Å². The van der Waals surface area contributed by atoms with Gasteiger partial charge in [-0.05, 0) is 42.9 Å². The minimum atomic E-state index is -0.303. The van der Waals surface area contributed by atoms with Crippen LogP contribution in [0.25, 0.3) is 5.70 Å². The Morgan fingerprint density at radius 1 is 1.23 bits per heavy atom. The predicted molar refractivity (Wildman–Crippen MR) is 121 cm³/mol. The second kappa shape index (κ2) is 8.09. The molecule has 0 aromatic heterocycles. The molecule has 1 aromatic rings. The van der Waals surface area contributed by atoms with Crippen LogP contribution < -0.4 is 10.2 Å². The van der Waals surface area contributed by atoms with Gasteiger partial charge in [-0.1, -0.05) is 46.3 Å². The summed E-state index contributed by atoms with van der Waals surface area (Å²) in [5.41, 5.74) is 5.01. The molecule has 3 aliphatic rings. The van der Waals surface area contributed by atoms with Gasteiger partial charge in [-0.3, -0.25) is 14.9 Å². The number of nitrogens with zero attached hydrogens (tertiary/aromatic N) is 2. The third-order valence-corrected chi connectivity index (χ3v) is 7.12. The lowest BCUT2D eigenvalue weighted by atomic mass is 9.71. The van der Waals surface area contributed by atoms with Crippen molar-refractivity contribution < 1.29 is 9.59 Å². The molecule has 0 radical (unpaired) electrons. The molecule has 5 nitrogen and oxygen atoms in total. The van der Waals surface area contributed by atoms with E-state index in [0.717, 1.165) is 30.3 Å². The van der Waals surface area contributed by atoms with Crippen LogP contribution in [0.4, 0.5) is 5.69 Å². The van der Waals surface area contributed by atoms with Crippen molar-refractivity contribution in [3.05, 3.63) is 35.9 Å². The van der Waals surface area contributed by atoms with Crippen molar-refractivity contribution in [1.82, 2.24) is 10.2 Å². The quantitative estimate of drug-likeness (QED) is 0.682. The van der Waals surface area contributed by atoms with Gasteiger partial charge in [0.1, 0.15) is 6.04 Å². The molecule has 0 aliphatic carbocycles. The average molecular weight is 410 g/mol. The first-order valence-corrected chi connectivity index (χ1v) is 11.5. The van der Waals surface area contributed by atoms with E-state index >= 15 is 0 Å². The third kappa shape index (κ3) is 3.86. The molecule has 1 aromatic carbocycles. The Bertz CT molecular complexity index is 854. The summed E-state index contributed by atoms with van der Waals surface area (Å²) < 4.78 is 0. The summed E-state index contributed by atoms with van der Waals surface area (Å²) in [5, 5.41) is 2.47. The number of carbonyl (C=O) groups is 2. The number of hydrogen-bond donors (Lipinski definition) is 1. The first-order chi connectivity index (χ1) is 14.3. The van der Waals surface area contributed by atoms with Crippen LogP contribution in [0, 0.1) is 11.3 Å². The van der Waals surface area contributed by atoms with Gasteiger partial charge in [0, 0.05) is 48.4 Å². The molecule has 5 heteroatoms. The third-order valence-electron chi connectivity index (χ3n) is 7.12. The molecular formula is C25H35N3O2. The highest BCUT2D eigenvalue weighted by molar-refractivity contribution is 6.01. The zero-order valence-corrected chi connectivity index (χ0v) is 18.7. The smallest absolute Gasteiger partial charge is 0.249 e. The molecule has 0 bridgehead atoms. The maximum atomic E-state index is 12.3. The number of hydrogen-bond acceptors (Lipinski definition) is 4. The molecule has 3 aliphatic heterocycles. The van der Waals surface area contributed by atoms with Crippen molar-refractivity contribution in [2.45, 2.75) is 71.9 Å².